The van der Waals surface area contributed by atoms with E-state index in [0.717, 1.165) is 30.2 Å². The van der Waals surface area contributed by atoms with Crippen molar-refractivity contribution in [2.45, 2.75) is 13.1 Å². The van der Waals surface area contributed by atoms with Gasteiger partial charge in [0.25, 0.3) is 0 Å². The Labute approximate surface area is 141 Å². The van der Waals surface area contributed by atoms with Gasteiger partial charge >= 0.3 is 0 Å². The highest BCUT2D eigenvalue weighted by Crippen LogP contribution is 2.12. The number of hydrogen-bond acceptors (Lipinski definition) is 4. The molecule has 0 saturated heterocycles. The molecule has 1 N–H and O–H groups in total. The molecule has 0 bridgehead atoms. The summed E-state index contributed by atoms with van der Waals surface area (Å²) >= 11 is 0. The van der Waals surface area contributed by atoms with Crippen LogP contribution in [0.1, 0.15) is 11.1 Å². The van der Waals surface area contributed by atoms with Gasteiger partial charge in [0.1, 0.15) is 5.75 Å². The highest BCUT2D eigenvalue weighted by molar-refractivity contribution is 5.85. The van der Waals surface area contributed by atoms with Crippen LogP contribution in [0.25, 0.3) is 5.82 Å². The van der Waals surface area contributed by atoms with Gasteiger partial charge in [-0.05, 0) is 29.8 Å². The molecule has 0 spiro atoms. The number of benzene rings is 1. The maximum atomic E-state index is 5.16. The number of rotatable bonds is 6. The van der Waals surface area contributed by atoms with Gasteiger partial charge in [0.15, 0.2) is 5.82 Å². The minimum atomic E-state index is 0. The molecule has 3 aromatic rings. The van der Waals surface area contributed by atoms with E-state index < -0.39 is 0 Å². The summed E-state index contributed by atoms with van der Waals surface area (Å²) in [5, 5.41) is 7.68. The lowest BCUT2D eigenvalue weighted by atomic mass is 10.2. The summed E-state index contributed by atoms with van der Waals surface area (Å²) in [4.78, 5) is 4.41. The SMILES string of the molecule is COc1ccc(CNCc2cccnc2-n2cccn2)cc1.Cl. The topological polar surface area (TPSA) is 52.0 Å². The zero-order valence-electron chi connectivity index (χ0n) is 12.8. The molecule has 0 saturated carbocycles. The van der Waals surface area contributed by atoms with E-state index in [0.29, 0.717) is 0 Å². The van der Waals surface area contributed by atoms with Crippen molar-refractivity contribution in [3.8, 4) is 11.6 Å². The van der Waals surface area contributed by atoms with E-state index in [1.165, 1.54) is 5.56 Å². The van der Waals surface area contributed by atoms with Crippen LogP contribution in [0.5, 0.6) is 5.75 Å². The van der Waals surface area contributed by atoms with Crippen molar-refractivity contribution in [2.75, 3.05) is 7.11 Å². The largest absolute Gasteiger partial charge is 0.497 e. The third-order valence-electron chi connectivity index (χ3n) is 3.39. The Morgan fingerprint density at radius 2 is 1.87 bits per heavy atom. The fourth-order valence-electron chi connectivity index (χ4n) is 2.25. The number of hydrogen-bond donors (Lipinski definition) is 1. The Balaban J connectivity index is 0.00000192. The Hall–Kier alpha value is -2.37. The van der Waals surface area contributed by atoms with E-state index in [4.69, 9.17) is 4.74 Å². The zero-order valence-corrected chi connectivity index (χ0v) is 13.7. The van der Waals surface area contributed by atoms with E-state index in [-0.39, 0.29) is 12.4 Å². The molecule has 0 fully saturated rings. The van der Waals surface area contributed by atoms with Crippen molar-refractivity contribution in [2.24, 2.45) is 0 Å². The van der Waals surface area contributed by atoms with Crippen LogP contribution in [0.3, 0.4) is 0 Å². The third kappa shape index (κ3) is 4.31. The number of aromatic nitrogens is 3. The van der Waals surface area contributed by atoms with Gasteiger partial charge in [-0.2, -0.15) is 5.10 Å². The summed E-state index contributed by atoms with van der Waals surface area (Å²) in [6.07, 6.45) is 5.43. The lowest BCUT2D eigenvalue weighted by Crippen LogP contribution is -2.15. The van der Waals surface area contributed by atoms with Gasteiger partial charge in [-0.3, -0.25) is 0 Å². The summed E-state index contributed by atoms with van der Waals surface area (Å²) in [5.41, 5.74) is 2.32. The molecule has 0 aliphatic heterocycles. The third-order valence-corrected chi connectivity index (χ3v) is 3.39. The van der Waals surface area contributed by atoms with Crippen molar-refractivity contribution in [1.29, 1.82) is 0 Å². The molecule has 0 aliphatic rings. The van der Waals surface area contributed by atoms with Crippen molar-refractivity contribution >= 4 is 12.4 Å². The van der Waals surface area contributed by atoms with Crippen LogP contribution in [-0.2, 0) is 13.1 Å². The molecule has 0 unspecified atom stereocenters. The quantitative estimate of drug-likeness (QED) is 0.755. The first-order valence-electron chi connectivity index (χ1n) is 7.14. The van der Waals surface area contributed by atoms with Gasteiger partial charge in [0.2, 0.25) is 0 Å². The minimum absolute atomic E-state index is 0. The highest BCUT2D eigenvalue weighted by Gasteiger charge is 2.05. The fraction of sp³-hybridized carbons (Fsp3) is 0.176. The van der Waals surface area contributed by atoms with Gasteiger partial charge in [-0.15, -0.1) is 12.4 Å². The second-order valence-corrected chi connectivity index (χ2v) is 4.89. The van der Waals surface area contributed by atoms with Crippen LogP contribution in [-0.4, -0.2) is 21.9 Å². The number of nitrogens with zero attached hydrogens (tertiary/aromatic N) is 3. The molecule has 3 rings (SSSR count). The zero-order chi connectivity index (χ0) is 15.2. The Morgan fingerprint density at radius 3 is 2.57 bits per heavy atom. The van der Waals surface area contributed by atoms with Crippen LogP contribution in [0.4, 0.5) is 0 Å². The molecule has 0 amide bonds. The summed E-state index contributed by atoms with van der Waals surface area (Å²) in [5.74, 6) is 1.73. The molecule has 0 aliphatic carbocycles. The van der Waals surface area contributed by atoms with Gasteiger partial charge in [0.05, 0.1) is 7.11 Å². The second kappa shape index (κ2) is 8.31. The minimum Gasteiger partial charge on any atom is -0.497 e. The van der Waals surface area contributed by atoms with Crippen molar-refractivity contribution < 1.29 is 4.74 Å². The van der Waals surface area contributed by atoms with Crippen LogP contribution in [0.15, 0.2) is 61.1 Å². The number of halogens is 1. The molecule has 6 heteroatoms. The Morgan fingerprint density at radius 1 is 1.04 bits per heavy atom. The van der Waals surface area contributed by atoms with E-state index in [1.807, 2.05) is 30.5 Å². The van der Waals surface area contributed by atoms with E-state index in [1.54, 1.807) is 24.2 Å². The number of methoxy groups -OCH3 is 1. The smallest absolute Gasteiger partial charge is 0.157 e. The molecule has 5 nitrogen and oxygen atoms in total. The maximum Gasteiger partial charge on any atom is 0.157 e. The van der Waals surface area contributed by atoms with Crippen LogP contribution < -0.4 is 10.1 Å². The van der Waals surface area contributed by atoms with Gasteiger partial charge < -0.3 is 10.1 Å². The molecule has 1 aromatic carbocycles. The van der Waals surface area contributed by atoms with Gasteiger partial charge in [-0.25, -0.2) is 9.67 Å². The lowest BCUT2D eigenvalue weighted by Gasteiger charge is -2.10. The average Bonchev–Trinajstić information content (AvgIpc) is 3.10. The summed E-state index contributed by atoms with van der Waals surface area (Å²) in [7, 11) is 1.67. The molecule has 2 aromatic heterocycles. The molecule has 0 radical (unpaired) electrons. The molecular weight excluding hydrogens is 312 g/mol. The second-order valence-electron chi connectivity index (χ2n) is 4.89. The van der Waals surface area contributed by atoms with Crippen LogP contribution in [0, 0.1) is 0 Å². The van der Waals surface area contributed by atoms with E-state index in [9.17, 15) is 0 Å². The average molecular weight is 331 g/mol. The summed E-state index contributed by atoms with van der Waals surface area (Å²) < 4.78 is 6.94. The van der Waals surface area contributed by atoms with Crippen molar-refractivity contribution in [3.05, 3.63) is 72.2 Å². The molecular formula is C17H19ClN4O. The summed E-state index contributed by atoms with van der Waals surface area (Å²) in [6.45, 7) is 1.52. The van der Waals surface area contributed by atoms with E-state index in [2.05, 4.69) is 33.6 Å². The van der Waals surface area contributed by atoms with Crippen LogP contribution >= 0.6 is 12.4 Å². The Kier molecular flexibility index (Phi) is 6.14. The first kappa shape index (κ1) is 17.0. The van der Waals surface area contributed by atoms with Gasteiger partial charge in [-0.1, -0.05) is 18.2 Å². The number of ether oxygens (including phenoxy) is 1. The first-order chi connectivity index (χ1) is 10.9. The van der Waals surface area contributed by atoms with Crippen molar-refractivity contribution in [1.82, 2.24) is 20.1 Å². The van der Waals surface area contributed by atoms with Crippen LogP contribution in [0.2, 0.25) is 0 Å². The summed E-state index contributed by atoms with van der Waals surface area (Å²) in [6, 6.07) is 13.9. The molecule has 120 valence electrons. The molecule has 23 heavy (non-hydrogen) atoms. The number of nitrogens with one attached hydrogen (secondary N) is 1. The predicted molar refractivity (Wildman–Crippen MR) is 92.1 cm³/mol. The maximum absolute atomic E-state index is 5.16. The highest BCUT2D eigenvalue weighted by atomic mass is 35.5. The predicted octanol–water partition coefficient (Wildman–Crippen LogP) is 2.99. The normalized spacial score (nSPS) is 10.1. The molecule has 2 heterocycles. The first-order valence-corrected chi connectivity index (χ1v) is 7.14. The lowest BCUT2D eigenvalue weighted by molar-refractivity contribution is 0.414. The molecule has 0 atom stereocenters. The van der Waals surface area contributed by atoms with Gasteiger partial charge in [0, 0.05) is 37.2 Å². The Bertz CT molecular complexity index is 714. The van der Waals surface area contributed by atoms with Crippen molar-refractivity contribution in [3.63, 3.8) is 0 Å². The number of pyridine rings is 1. The standard InChI is InChI=1S/C17H18N4O.ClH/c1-22-16-7-5-14(6-8-16)12-18-13-15-4-2-9-19-17(15)21-11-3-10-20-21;/h2-11,18H,12-13H2,1H3;1H. The fourth-order valence-corrected chi connectivity index (χ4v) is 2.25. The monoisotopic (exact) mass is 330 g/mol. The van der Waals surface area contributed by atoms with E-state index >= 15 is 0 Å².